The lowest BCUT2D eigenvalue weighted by atomic mass is 9.72. The standard InChI is InChI=1S/C32H32FNO2/c1-20-11-12-24(19-29(20)32(35)36)30-18-22(17-23-7-3-4-8-26(23)30)15-16-34-21(2)25-13-14-31(33)28-10-6-5-9-27(25)28/h3-14,19,21-22,30,34H,15-18H2,1-2H3,(H,35,36). The van der Waals surface area contributed by atoms with E-state index in [2.05, 4.69) is 42.6 Å². The summed E-state index contributed by atoms with van der Waals surface area (Å²) in [7, 11) is 0. The van der Waals surface area contributed by atoms with Crippen LogP contribution in [0.1, 0.15) is 69.9 Å². The molecule has 4 heteroatoms. The van der Waals surface area contributed by atoms with Gasteiger partial charge in [0.25, 0.3) is 0 Å². The number of carbonyl (C=O) groups is 1. The van der Waals surface area contributed by atoms with Crippen LogP contribution in [0.25, 0.3) is 10.8 Å². The molecular weight excluding hydrogens is 449 g/mol. The summed E-state index contributed by atoms with van der Waals surface area (Å²) in [5, 5.41) is 14.9. The molecule has 3 unspecified atom stereocenters. The molecule has 0 spiro atoms. The highest BCUT2D eigenvalue weighted by Gasteiger charge is 2.28. The number of carboxylic acids is 1. The van der Waals surface area contributed by atoms with E-state index >= 15 is 0 Å². The SMILES string of the molecule is Cc1ccc(C2CC(CCNC(C)c3ccc(F)c4ccccc34)Cc3ccccc32)cc1C(=O)O. The van der Waals surface area contributed by atoms with Crippen LogP contribution in [-0.4, -0.2) is 17.6 Å². The fraction of sp³-hybridized carbons (Fsp3) is 0.281. The van der Waals surface area contributed by atoms with Crippen molar-refractivity contribution in [3.8, 4) is 0 Å². The number of aromatic carboxylic acids is 1. The number of hydrogen-bond donors (Lipinski definition) is 2. The third-order valence-corrected chi connectivity index (χ3v) is 7.78. The van der Waals surface area contributed by atoms with Gasteiger partial charge in [0.05, 0.1) is 5.56 Å². The number of halogens is 1. The Kier molecular flexibility index (Phi) is 6.88. The molecule has 0 amide bonds. The first-order valence-corrected chi connectivity index (χ1v) is 12.7. The fourth-order valence-electron chi connectivity index (χ4n) is 5.81. The molecule has 4 aromatic carbocycles. The first-order valence-electron chi connectivity index (χ1n) is 12.7. The van der Waals surface area contributed by atoms with Crippen molar-refractivity contribution in [1.29, 1.82) is 0 Å². The largest absolute Gasteiger partial charge is 0.478 e. The van der Waals surface area contributed by atoms with Gasteiger partial charge in [-0.2, -0.15) is 0 Å². The lowest BCUT2D eigenvalue weighted by Crippen LogP contribution is -2.26. The average Bonchev–Trinajstić information content (AvgIpc) is 2.88. The second-order valence-electron chi connectivity index (χ2n) is 10.1. The zero-order chi connectivity index (χ0) is 25.2. The molecule has 0 bridgehead atoms. The van der Waals surface area contributed by atoms with Crippen molar-refractivity contribution in [3.05, 3.63) is 118 Å². The molecule has 0 fully saturated rings. The number of nitrogens with one attached hydrogen (secondary N) is 1. The van der Waals surface area contributed by atoms with E-state index in [9.17, 15) is 14.3 Å². The molecule has 0 aliphatic heterocycles. The Bertz CT molecular complexity index is 1410. The van der Waals surface area contributed by atoms with Crippen LogP contribution < -0.4 is 5.32 Å². The van der Waals surface area contributed by atoms with Gasteiger partial charge in [-0.25, -0.2) is 9.18 Å². The van der Waals surface area contributed by atoms with Gasteiger partial charge in [-0.3, -0.25) is 0 Å². The van der Waals surface area contributed by atoms with Gasteiger partial charge in [-0.05, 0) is 90.9 Å². The topological polar surface area (TPSA) is 49.3 Å². The van der Waals surface area contributed by atoms with Crippen LogP contribution in [0.2, 0.25) is 0 Å². The summed E-state index contributed by atoms with van der Waals surface area (Å²) >= 11 is 0. The summed E-state index contributed by atoms with van der Waals surface area (Å²) in [6.45, 7) is 4.85. The minimum Gasteiger partial charge on any atom is -0.478 e. The summed E-state index contributed by atoms with van der Waals surface area (Å²) in [6.07, 6.45) is 3.04. The summed E-state index contributed by atoms with van der Waals surface area (Å²) in [5.74, 6) is -0.376. The van der Waals surface area contributed by atoms with Gasteiger partial charge in [-0.15, -0.1) is 0 Å². The van der Waals surface area contributed by atoms with Crippen LogP contribution in [-0.2, 0) is 6.42 Å². The monoisotopic (exact) mass is 481 g/mol. The van der Waals surface area contributed by atoms with Gasteiger partial charge < -0.3 is 10.4 Å². The highest BCUT2D eigenvalue weighted by atomic mass is 19.1. The van der Waals surface area contributed by atoms with Gasteiger partial charge in [0, 0.05) is 17.3 Å². The number of fused-ring (bicyclic) bond motifs is 2. The van der Waals surface area contributed by atoms with Crippen molar-refractivity contribution >= 4 is 16.7 Å². The molecule has 4 aromatic rings. The maximum Gasteiger partial charge on any atom is 0.335 e. The highest BCUT2D eigenvalue weighted by molar-refractivity contribution is 5.89. The summed E-state index contributed by atoms with van der Waals surface area (Å²) in [6, 6.07) is 25.7. The van der Waals surface area contributed by atoms with E-state index in [1.54, 1.807) is 6.07 Å². The third kappa shape index (κ3) is 4.78. The normalized spacial score (nSPS) is 18.1. The van der Waals surface area contributed by atoms with E-state index in [4.69, 9.17) is 0 Å². The zero-order valence-corrected chi connectivity index (χ0v) is 20.8. The van der Waals surface area contributed by atoms with Gasteiger partial charge >= 0.3 is 5.97 Å². The van der Waals surface area contributed by atoms with Crippen LogP contribution in [0.15, 0.2) is 78.9 Å². The van der Waals surface area contributed by atoms with E-state index in [0.29, 0.717) is 16.9 Å². The molecule has 3 nitrogen and oxygen atoms in total. The molecule has 0 saturated heterocycles. The maximum atomic E-state index is 14.3. The smallest absolute Gasteiger partial charge is 0.335 e. The van der Waals surface area contributed by atoms with Crippen molar-refractivity contribution in [1.82, 2.24) is 5.32 Å². The van der Waals surface area contributed by atoms with Crippen LogP contribution in [0.5, 0.6) is 0 Å². The number of hydrogen-bond acceptors (Lipinski definition) is 2. The van der Waals surface area contributed by atoms with E-state index < -0.39 is 5.97 Å². The predicted molar refractivity (Wildman–Crippen MR) is 143 cm³/mol. The summed E-state index contributed by atoms with van der Waals surface area (Å²) in [5.41, 5.74) is 6.03. The number of aryl methyl sites for hydroxylation is 1. The molecular formula is C32H32FNO2. The molecule has 0 radical (unpaired) electrons. The Morgan fingerprint density at radius 3 is 2.58 bits per heavy atom. The minimum absolute atomic E-state index is 0.109. The fourth-order valence-corrected chi connectivity index (χ4v) is 5.81. The number of rotatable bonds is 7. The molecule has 0 saturated carbocycles. The summed E-state index contributed by atoms with van der Waals surface area (Å²) in [4.78, 5) is 11.8. The van der Waals surface area contributed by atoms with E-state index in [0.717, 1.165) is 47.9 Å². The van der Waals surface area contributed by atoms with Gasteiger partial charge in [0.15, 0.2) is 0 Å². The molecule has 1 aliphatic carbocycles. The molecule has 1 aliphatic rings. The average molecular weight is 482 g/mol. The Labute approximate surface area is 212 Å². The van der Waals surface area contributed by atoms with Crippen molar-refractivity contribution in [2.24, 2.45) is 5.92 Å². The summed E-state index contributed by atoms with van der Waals surface area (Å²) < 4.78 is 14.3. The van der Waals surface area contributed by atoms with Gasteiger partial charge in [-0.1, -0.05) is 66.7 Å². The highest BCUT2D eigenvalue weighted by Crippen LogP contribution is 2.41. The van der Waals surface area contributed by atoms with Crippen LogP contribution in [0, 0.1) is 18.7 Å². The Morgan fingerprint density at radius 1 is 1.03 bits per heavy atom. The van der Waals surface area contributed by atoms with E-state index in [1.807, 2.05) is 49.4 Å². The quantitative estimate of drug-likeness (QED) is 0.289. The van der Waals surface area contributed by atoms with Crippen molar-refractivity contribution < 1.29 is 14.3 Å². The first kappa shape index (κ1) is 24.2. The van der Waals surface area contributed by atoms with Crippen LogP contribution in [0.4, 0.5) is 4.39 Å². The second kappa shape index (κ2) is 10.2. The molecule has 0 heterocycles. The minimum atomic E-state index is -0.874. The molecule has 3 atom stereocenters. The van der Waals surface area contributed by atoms with Crippen molar-refractivity contribution in [2.45, 2.75) is 45.1 Å². The van der Waals surface area contributed by atoms with Crippen molar-refractivity contribution in [3.63, 3.8) is 0 Å². The van der Waals surface area contributed by atoms with Crippen molar-refractivity contribution in [2.75, 3.05) is 6.54 Å². The van der Waals surface area contributed by atoms with Crippen LogP contribution >= 0.6 is 0 Å². The molecule has 36 heavy (non-hydrogen) atoms. The van der Waals surface area contributed by atoms with Gasteiger partial charge in [0.1, 0.15) is 5.82 Å². The van der Waals surface area contributed by atoms with Gasteiger partial charge in [0.2, 0.25) is 0 Å². The lowest BCUT2D eigenvalue weighted by molar-refractivity contribution is 0.0696. The van der Waals surface area contributed by atoms with E-state index in [-0.39, 0.29) is 17.8 Å². The lowest BCUT2D eigenvalue weighted by Gasteiger charge is -2.32. The number of carboxylic acid groups (broad SMARTS) is 1. The Balaban J connectivity index is 1.32. The Hall–Kier alpha value is -3.50. The predicted octanol–water partition coefficient (Wildman–Crippen LogP) is 7.42. The molecule has 184 valence electrons. The zero-order valence-electron chi connectivity index (χ0n) is 20.8. The second-order valence-corrected chi connectivity index (χ2v) is 10.1. The molecule has 5 rings (SSSR count). The van der Waals surface area contributed by atoms with E-state index in [1.165, 1.54) is 11.1 Å². The van der Waals surface area contributed by atoms with Crippen LogP contribution in [0.3, 0.4) is 0 Å². The molecule has 2 N–H and O–H groups in total. The maximum absolute atomic E-state index is 14.3. The molecule has 0 aromatic heterocycles. The Morgan fingerprint density at radius 2 is 1.78 bits per heavy atom. The first-order chi connectivity index (χ1) is 17.4. The third-order valence-electron chi connectivity index (χ3n) is 7.78. The number of benzene rings is 4.